The van der Waals surface area contributed by atoms with E-state index in [1.807, 2.05) is 36.4 Å². The molecule has 0 aliphatic carbocycles. The monoisotopic (exact) mass is 430 g/mol. The number of nitrogens with one attached hydrogen (secondary N) is 2. The van der Waals surface area contributed by atoms with Crippen LogP contribution in [0.25, 0.3) is 0 Å². The summed E-state index contributed by atoms with van der Waals surface area (Å²) >= 11 is 1.95. The molecule has 3 N–H and O–H groups in total. The largest absolute Gasteiger partial charge is 0.491 e. The standard InChI is InChI=1S/C17H23IN2O3/c1-13(2)19-11-15(21)12-23-16-8-6-14(7-9-16)20-17(22)5-3-4-10-18/h6-9,13,15,19,21H,3,5,11-12H2,1-2H3,(H,20,22)/t15-/m0/s1. The number of rotatable bonds is 9. The first-order valence-corrected chi connectivity index (χ1v) is 8.61. The number of halogens is 1. The Bertz CT molecular complexity index is 535. The topological polar surface area (TPSA) is 70.6 Å². The normalized spacial score (nSPS) is 11.5. The lowest BCUT2D eigenvalue weighted by Gasteiger charge is -2.15. The average molecular weight is 430 g/mol. The third kappa shape index (κ3) is 9.43. The molecule has 0 unspecified atom stereocenters. The fourth-order valence-electron chi connectivity index (χ4n) is 1.70. The fraction of sp³-hybridized carbons (Fsp3) is 0.471. The van der Waals surface area contributed by atoms with Gasteiger partial charge in [0.2, 0.25) is 5.91 Å². The Morgan fingerprint density at radius 1 is 1.35 bits per heavy atom. The molecule has 5 nitrogen and oxygen atoms in total. The molecule has 1 amide bonds. The van der Waals surface area contributed by atoms with Crippen LogP contribution < -0.4 is 15.4 Å². The summed E-state index contributed by atoms with van der Waals surface area (Å²) in [6, 6.07) is 7.41. The van der Waals surface area contributed by atoms with Crippen molar-refractivity contribution in [3.63, 3.8) is 0 Å². The number of carbonyl (C=O) groups is 1. The van der Waals surface area contributed by atoms with Gasteiger partial charge in [0.25, 0.3) is 0 Å². The zero-order valence-electron chi connectivity index (χ0n) is 13.4. The molecule has 1 rings (SSSR count). The lowest BCUT2D eigenvalue weighted by atomic mass is 10.2. The van der Waals surface area contributed by atoms with Gasteiger partial charge < -0.3 is 20.5 Å². The highest BCUT2D eigenvalue weighted by molar-refractivity contribution is 14.1. The highest BCUT2D eigenvalue weighted by atomic mass is 127. The first kappa shape index (κ1) is 19.7. The van der Waals surface area contributed by atoms with Crippen LogP contribution in [0.5, 0.6) is 5.75 Å². The van der Waals surface area contributed by atoms with Crippen molar-refractivity contribution in [1.82, 2.24) is 5.32 Å². The maximum atomic E-state index is 11.7. The molecule has 0 spiro atoms. The number of aliphatic hydroxyl groups is 1. The van der Waals surface area contributed by atoms with Gasteiger partial charge in [-0.25, -0.2) is 0 Å². The molecule has 0 saturated carbocycles. The van der Waals surface area contributed by atoms with E-state index in [1.165, 1.54) is 0 Å². The third-order valence-corrected chi connectivity index (χ3v) is 3.27. The van der Waals surface area contributed by atoms with Crippen molar-refractivity contribution in [2.45, 2.75) is 38.8 Å². The van der Waals surface area contributed by atoms with Crippen LogP contribution in [0.2, 0.25) is 0 Å². The number of aliphatic hydroxyl groups excluding tert-OH is 1. The zero-order chi connectivity index (χ0) is 17.1. The van der Waals surface area contributed by atoms with Crippen LogP contribution in [0.4, 0.5) is 5.69 Å². The molecule has 0 aliphatic rings. The van der Waals surface area contributed by atoms with Crippen molar-refractivity contribution in [2.75, 3.05) is 18.5 Å². The van der Waals surface area contributed by atoms with Crippen LogP contribution in [-0.2, 0) is 4.79 Å². The average Bonchev–Trinajstić information content (AvgIpc) is 2.52. The molecule has 0 radical (unpaired) electrons. The molecule has 0 aromatic heterocycles. The molecule has 0 heterocycles. The second-order valence-corrected chi connectivity index (χ2v) is 5.91. The van der Waals surface area contributed by atoms with Crippen LogP contribution in [0.3, 0.4) is 0 Å². The van der Waals surface area contributed by atoms with Gasteiger partial charge in [-0.3, -0.25) is 4.79 Å². The van der Waals surface area contributed by atoms with Crippen LogP contribution >= 0.6 is 22.6 Å². The Balaban J connectivity index is 2.35. The van der Waals surface area contributed by atoms with Crippen molar-refractivity contribution in [1.29, 1.82) is 0 Å². The Morgan fingerprint density at radius 2 is 2.04 bits per heavy atom. The van der Waals surface area contributed by atoms with Crippen LogP contribution in [-0.4, -0.2) is 36.3 Å². The number of anilines is 1. The van der Waals surface area contributed by atoms with E-state index in [-0.39, 0.29) is 12.5 Å². The highest BCUT2D eigenvalue weighted by Gasteiger charge is 2.06. The molecular formula is C17H23IN2O3. The summed E-state index contributed by atoms with van der Waals surface area (Å²) in [5, 5.41) is 15.7. The van der Waals surface area contributed by atoms with E-state index in [0.29, 0.717) is 36.9 Å². The Labute approximate surface area is 151 Å². The van der Waals surface area contributed by atoms with Gasteiger partial charge in [0.15, 0.2) is 0 Å². The Morgan fingerprint density at radius 3 is 2.65 bits per heavy atom. The second kappa shape index (κ2) is 11.3. The van der Waals surface area contributed by atoms with E-state index >= 15 is 0 Å². The summed E-state index contributed by atoms with van der Waals surface area (Å²) < 4.78 is 8.25. The number of amides is 1. The van der Waals surface area contributed by atoms with Gasteiger partial charge in [0.05, 0.1) is 0 Å². The van der Waals surface area contributed by atoms with Gasteiger partial charge in [-0.2, -0.15) is 0 Å². The maximum Gasteiger partial charge on any atom is 0.225 e. The quantitative estimate of drug-likeness (QED) is 0.416. The van der Waals surface area contributed by atoms with Crippen molar-refractivity contribution in [2.24, 2.45) is 0 Å². The number of hydrogen-bond acceptors (Lipinski definition) is 4. The number of ether oxygens (including phenoxy) is 1. The molecule has 0 aliphatic heterocycles. The predicted molar refractivity (Wildman–Crippen MR) is 101 cm³/mol. The fourth-order valence-corrected chi connectivity index (χ4v) is 1.97. The van der Waals surface area contributed by atoms with Gasteiger partial charge in [-0.05, 0) is 28.2 Å². The van der Waals surface area contributed by atoms with Gasteiger partial charge in [0.1, 0.15) is 18.5 Å². The molecular weight excluding hydrogens is 407 g/mol. The van der Waals surface area contributed by atoms with Crippen molar-refractivity contribution >= 4 is 34.2 Å². The molecule has 0 saturated heterocycles. The SMILES string of the molecule is CC(C)NC[C@H](O)COc1ccc(NC(=O)CCC#CI)cc1. The molecule has 6 heteroatoms. The smallest absolute Gasteiger partial charge is 0.225 e. The molecule has 0 fully saturated rings. The Hall–Kier alpha value is -1.30. The molecule has 1 atom stereocenters. The van der Waals surface area contributed by atoms with Crippen molar-refractivity contribution in [3.05, 3.63) is 24.3 Å². The first-order valence-electron chi connectivity index (χ1n) is 7.54. The van der Waals surface area contributed by atoms with E-state index in [1.54, 1.807) is 24.3 Å². The first-order chi connectivity index (χ1) is 11.0. The van der Waals surface area contributed by atoms with Gasteiger partial charge >= 0.3 is 0 Å². The number of hydrogen-bond donors (Lipinski definition) is 3. The highest BCUT2D eigenvalue weighted by Crippen LogP contribution is 2.16. The van der Waals surface area contributed by atoms with E-state index in [4.69, 9.17) is 4.74 Å². The minimum atomic E-state index is -0.559. The van der Waals surface area contributed by atoms with Gasteiger partial charge in [0, 0.05) is 53.7 Å². The molecule has 23 heavy (non-hydrogen) atoms. The summed E-state index contributed by atoms with van der Waals surface area (Å²) in [7, 11) is 0. The summed E-state index contributed by atoms with van der Waals surface area (Å²) in [5.74, 6) is 3.44. The third-order valence-electron chi connectivity index (χ3n) is 2.89. The second-order valence-electron chi connectivity index (χ2n) is 5.37. The van der Waals surface area contributed by atoms with Gasteiger partial charge in [-0.15, -0.1) is 0 Å². The molecule has 1 aromatic carbocycles. The summed E-state index contributed by atoms with van der Waals surface area (Å²) in [6.45, 7) is 4.76. The zero-order valence-corrected chi connectivity index (χ0v) is 15.6. The van der Waals surface area contributed by atoms with Crippen LogP contribution in [0.15, 0.2) is 24.3 Å². The summed E-state index contributed by atoms with van der Waals surface area (Å²) in [5.41, 5.74) is 0.715. The number of carbonyl (C=O) groups excluding carboxylic acids is 1. The van der Waals surface area contributed by atoms with E-state index < -0.39 is 6.10 Å². The van der Waals surface area contributed by atoms with Crippen molar-refractivity contribution in [3.8, 4) is 15.6 Å². The predicted octanol–water partition coefficient (Wildman–Crippen LogP) is 2.54. The van der Waals surface area contributed by atoms with Gasteiger partial charge in [-0.1, -0.05) is 19.8 Å². The Kier molecular flexibility index (Phi) is 9.67. The maximum absolute atomic E-state index is 11.7. The van der Waals surface area contributed by atoms with E-state index in [9.17, 15) is 9.90 Å². The molecule has 1 aromatic rings. The van der Waals surface area contributed by atoms with Crippen LogP contribution in [0, 0.1) is 9.85 Å². The molecule has 0 bridgehead atoms. The summed E-state index contributed by atoms with van der Waals surface area (Å²) in [6.07, 6.45) is 0.373. The lowest BCUT2D eigenvalue weighted by Crippen LogP contribution is -2.35. The minimum absolute atomic E-state index is 0.0620. The minimum Gasteiger partial charge on any atom is -0.491 e. The van der Waals surface area contributed by atoms with E-state index in [2.05, 4.69) is 20.5 Å². The van der Waals surface area contributed by atoms with E-state index in [0.717, 1.165) is 0 Å². The summed E-state index contributed by atoms with van der Waals surface area (Å²) in [4.78, 5) is 11.7. The lowest BCUT2D eigenvalue weighted by molar-refractivity contribution is -0.116. The van der Waals surface area contributed by atoms with Crippen molar-refractivity contribution < 1.29 is 14.6 Å². The molecule has 126 valence electrons. The number of benzene rings is 1. The van der Waals surface area contributed by atoms with Crippen LogP contribution in [0.1, 0.15) is 26.7 Å².